The van der Waals surface area contributed by atoms with Gasteiger partial charge in [0, 0.05) is 6.04 Å². The minimum absolute atomic E-state index is 0.675. The van der Waals surface area contributed by atoms with Crippen LogP contribution in [0.25, 0.3) is 0 Å². The van der Waals surface area contributed by atoms with Crippen LogP contribution in [-0.2, 0) is 0 Å². The van der Waals surface area contributed by atoms with Crippen LogP contribution in [0.3, 0.4) is 0 Å². The van der Waals surface area contributed by atoms with Gasteiger partial charge in [0.1, 0.15) is 5.82 Å². The fourth-order valence-corrected chi connectivity index (χ4v) is 4.72. The standard InChI is InChI=1S/C13H16BrN3/c14-9-4-8(15)5-16-13(9)17-12-10-6-1-2-7(3-6)11(10)12/h4-7,10-12H,1-3,15H2,(H,16,17). The summed E-state index contributed by atoms with van der Waals surface area (Å²) in [6, 6.07) is 2.59. The number of halogens is 1. The quantitative estimate of drug-likeness (QED) is 0.882. The first-order chi connectivity index (χ1) is 8.24. The molecule has 3 aliphatic carbocycles. The van der Waals surface area contributed by atoms with E-state index in [2.05, 4.69) is 26.2 Å². The molecule has 1 aromatic heterocycles. The third-order valence-corrected chi connectivity index (χ3v) is 5.51. The summed E-state index contributed by atoms with van der Waals surface area (Å²) in [5, 5.41) is 3.60. The fourth-order valence-electron chi connectivity index (χ4n) is 4.24. The van der Waals surface area contributed by atoms with E-state index < -0.39 is 0 Å². The molecule has 17 heavy (non-hydrogen) atoms. The minimum Gasteiger partial charge on any atom is -0.397 e. The predicted molar refractivity (Wildman–Crippen MR) is 71.6 cm³/mol. The lowest BCUT2D eigenvalue weighted by Gasteiger charge is -2.12. The Bertz CT molecular complexity index is 460. The average Bonchev–Trinajstić information content (AvgIpc) is 2.70. The normalized spacial score (nSPS) is 41.4. The first kappa shape index (κ1) is 10.2. The number of nitrogen functional groups attached to an aromatic ring is 1. The Morgan fingerprint density at radius 3 is 2.65 bits per heavy atom. The number of hydrogen-bond acceptors (Lipinski definition) is 3. The summed E-state index contributed by atoms with van der Waals surface area (Å²) < 4.78 is 0.981. The molecule has 3 fully saturated rings. The Morgan fingerprint density at radius 2 is 2.00 bits per heavy atom. The number of nitrogens with zero attached hydrogens (tertiary/aromatic N) is 1. The van der Waals surface area contributed by atoms with Crippen LogP contribution >= 0.6 is 15.9 Å². The molecule has 90 valence electrons. The Labute approximate surface area is 109 Å². The highest BCUT2D eigenvalue weighted by Gasteiger charge is 2.65. The monoisotopic (exact) mass is 293 g/mol. The van der Waals surface area contributed by atoms with E-state index in [0.29, 0.717) is 11.7 Å². The predicted octanol–water partition coefficient (Wildman–Crippen LogP) is 2.88. The van der Waals surface area contributed by atoms with Gasteiger partial charge in [-0.25, -0.2) is 4.98 Å². The summed E-state index contributed by atoms with van der Waals surface area (Å²) in [6.45, 7) is 0. The third-order valence-electron chi connectivity index (χ3n) is 4.90. The lowest BCUT2D eigenvalue weighted by Crippen LogP contribution is -2.14. The van der Waals surface area contributed by atoms with Gasteiger partial charge in [0.25, 0.3) is 0 Å². The molecule has 4 unspecified atom stereocenters. The lowest BCUT2D eigenvalue weighted by molar-refractivity contribution is 0.456. The largest absolute Gasteiger partial charge is 0.397 e. The van der Waals surface area contributed by atoms with Crippen molar-refractivity contribution in [2.24, 2.45) is 23.7 Å². The summed E-state index contributed by atoms with van der Waals surface area (Å²) in [5.41, 5.74) is 6.41. The van der Waals surface area contributed by atoms with Crippen molar-refractivity contribution in [2.75, 3.05) is 11.1 Å². The molecule has 1 heterocycles. The summed E-state index contributed by atoms with van der Waals surface area (Å²) in [4.78, 5) is 4.37. The van der Waals surface area contributed by atoms with Crippen molar-refractivity contribution in [2.45, 2.75) is 25.3 Å². The van der Waals surface area contributed by atoms with E-state index >= 15 is 0 Å². The van der Waals surface area contributed by atoms with Gasteiger partial charge in [-0.2, -0.15) is 0 Å². The number of aromatic nitrogens is 1. The van der Waals surface area contributed by atoms with Crippen LogP contribution in [0.1, 0.15) is 19.3 Å². The molecule has 0 aromatic carbocycles. The van der Waals surface area contributed by atoms with E-state index in [-0.39, 0.29) is 0 Å². The highest BCUT2D eigenvalue weighted by Crippen LogP contribution is 2.66. The molecular formula is C13H16BrN3. The molecule has 1 aromatic rings. The number of fused-ring (bicyclic) bond motifs is 5. The molecule has 4 atom stereocenters. The number of nitrogens with one attached hydrogen (secondary N) is 1. The molecule has 0 spiro atoms. The molecule has 0 saturated heterocycles. The van der Waals surface area contributed by atoms with Crippen LogP contribution in [0.2, 0.25) is 0 Å². The van der Waals surface area contributed by atoms with Gasteiger partial charge in [0.2, 0.25) is 0 Å². The van der Waals surface area contributed by atoms with Crippen LogP contribution in [0.4, 0.5) is 11.5 Å². The van der Waals surface area contributed by atoms with Gasteiger partial charge in [0.05, 0.1) is 16.4 Å². The highest BCUT2D eigenvalue weighted by atomic mass is 79.9. The van der Waals surface area contributed by atoms with Crippen molar-refractivity contribution in [3.05, 3.63) is 16.7 Å². The molecule has 4 rings (SSSR count). The van der Waals surface area contributed by atoms with Crippen LogP contribution in [0, 0.1) is 23.7 Å². The number of hydrogen-bond donors (Lipinski definition) is 2. The molecule has 3 saturated carbocycles. The smallest absolute Gasteiger partial charge is 0.140 e. The first-order valence-electron chi connectivity index (χ1n) is 6.41. The third kappa shape index (κ3) is 1.43. The Morgan fingerprint density at radius 1 is 1.29 bits per heavy atom. The second-order valence-electron chi connectivity index (χ2n) is 5.76. The van der Waals surface area contributed by atoms with Gasteiger partial charge in [0.15, 0.2) is 0 Å². The van der Waals surface area contributed by atoms with E-state index in [1.165, 1.54) is 19.3 Å². The first-order valence-corrected chi connectivity index (χ1v) is 7.21. The minimum atomic E-state index is 0.675. The molecule has 0 aliphatic heterocycles. The molecule has 0 amide bonds. The molecule has 2 bridgehead atoms. The maximum Gasteiger partial charge on any atom is 0.140 e. The average molecular weight is 294 g/mol. The van der Waals surface area contributed by atoms with Crippen LogP contribution < -0.4 is 11.1 Å². The number of anilines is 2. The Hall–Kier alpha value is -0.770. The summed E-state index contributed by atoms with van der Waals surface area (Å²) in [7, 11) is 0. The van der Waals surface area contributed by atoms with E-state index in [4.69, 9.17) is 5.73 Å². The Kier molecular flexibility index (Phi) is 2.02. The van der Waals surface area contributed by atoms with Gasteiger partial charge >= 0.3 is 0 Å². The molecular weight excluding hydrogens is 278 g/mol. The van der Waals surface area contributed by atoms with Crippen molar-refractivity contribution >= 4 is 27.4 Å². The van der Waals surface area contributed by atoms with E-state index in [1.54, 1.807) is 6.20 Å². The van der Waals surface area contributed by atoms with Crippen molar-refractivity contribution in [3.63, 3.8) is 0 Å². The van der Waals surface area contributed by atoms with Crippen LogP contribution in [-0.4, -0.2) is 11.0 Å². The zero-order valence-electron chi connectivity index (χ0n) is 9.57. The second kappa shape index (κ2) is 3.37. The zero-order chi connectivity index (χ0) is 11.6. The number of rotatable bonds is 2. The molecule has 3 nitrogen and oxygen atoms in total. The van der Waals surface area contributed by atoms with E-state index in [9.17, 15) is 0 Å². The number of pyridine rings is 1. The zero-order valence-corrected chi connectivity index (χ0v) is 11.2. The van der Waals surface area contributed by atoms with Gasteiger partial charge in [-0.1, -0.05) is 0 Å². The topological polar surface area (TPSA) is 50.9 Å². The van der Waals surface area contributed by atoms with Gasteiger partial charge in [-0.05, 0) is 64.9 Å². The van der Waals surface area contributed by atoms with Crippen LogP contribution in [0.15, 0.2) is 16.7 Å². The van der Waals surface area contributed by atoms with Crippen molar-refractivity contribution in [3.8, 4) is 0 Å². The summed E-state index contributed by atoms with van der Waals surface area (Å²) in [6.07, 6.45) is 6.13. The van der Waals surface area contributed by atoms with Crippen molar-refractivity contribution < 1.29 is 0 Å². The van der Waals surface area contributed by atoms with E-state index in [0.717, 1.165) is 34.0 Å². The summed E-state index contributed by atoms with van der Waals surface area (Å²) in [5.74, 6) is 4.81. The van der Waals surface area contributed by atoms with Gasteiger partial charge in [-0.3, -0.25) is 0 Å². The number of nitrogens with two attached hydrogens (primary N) is 1. The fraction of sp³-hybridized carbons (Fsp3) is 0.615. The maximum absolute atomic E-state index is 5.70. The lowest BCUT2D eigenvalue weighted by atomic mass is 10.0. The van der Waals surface area contributed by atoms with Crippen LogP contribution in [0.5, 0.6) is 0 Å². The maximum atomic E-state index is 5.70. The SMILES string of the molecule is Nc1cnc(NC2C3C4CCC(C4)C23)c(Br)c1. The van der Waals surface area contributed by atoms with Gasteiger partial charge < -0.3 is 11.1 Å². The van der Waals surface area contributed by atoms with Crippen molar-refractivity contribution in [1.29, 1.82) is 0 Å². The molecule has 0 radical (unpaired) electrons. The molecule has 4 heteroatoms. The Balaban J connectivity index is 1.52. The second-order valence-corrected chi connectivity index (χ2v) is 6.61. The van der Waals surface area contributed by atoms with Gasteiger partial charge in [-0.15, -0.1) is 0 Å². The highest BCUT2D eigenvalue weighted by molar-refractivity contribution is 9.10. The summed E-state index contributed by atoms with van der Waals surface area (Å²) >= 11 is 3.52. The van der Waals surface area contributed by atoms with E-state index in [1.807, 2.05) is 6.07 Å². The van der Waals surface area contributed by atoms with Crippen molar-refractivity contribution in [1.82, 2.24) is 4.98 Å². The molecule has 3 aliphatic rings. The molecule has 3 N–H and O–H groups in total.